The summed E-state index contributed by atoms with van der Waals surface area (Å²) < 4.78 is 11.7. The molecule has 0 radical (unpaired) electrons. The molecule has 0 aliphatic carbocycles. The number of benzene rings is 1. The fraction of sp³-hybridized carbons (Fsp3) is 0.684. The molecule has 5 heteroatoms. The van der Waals surface area contributed by atoms with E-state index in [1.807, 2.05) is 6.07 Å². The van der Waals surface area contributed by atoms with Gasteiger partial charge in [0, 0.05) is 13.2 Å². The number of ether oxygens (including phenoxy) is 2. The second-order valence-corrected chi connectivity index (χ2v) is 7.64. The molecule has 0 spiro atoms. The first-order chi connectivity index (χ1) is 11.1. The quantitative estimate of drug-likeness (QED) is 0.451. The first-order valence-corrected chi connectivity index (χ1v) is 8.59. The lowest BCUT2D eigenvalue weighted by Gasteiger charge is -2.28. The molecule has 1 aromatic carbocycles. The maximum absolute atomic E-state index is 9.45. The topological polar surface area (TPSA) is 71.0 Å². The van der Waals surface area contributed by atoms with Crippen molar-refractivity contribution in [1.29, 1.82) is 0 Å². The minimum Gasteiger partial charge on any atom is -0.504 e. The highest BCUT2D eigenvalue weighted by molar-refractivity contribution is 5.40. The van der Waals surface area contributed by atoms with Crippen molar-refractivity contribution >= 4 is 0 Å². The van der Waals surface area contributed by atoms with Crippen LogP contribution < -0.4 is 5.32 Å². The highest BCUT2D eigenvalue weighted by Gasteiger charge is 2.19. The molecule has 0 amide bonds. The number of phenols is 2. The van der Waals surface area contributed by atoms with Crippen molar-refractivity contribution in [2.75, 3.05) is 26.3 Å². The minimum atomic E-state index is -0.199. The second kappa shape index (κ2) is 9.25. The smallest absolute Gasteiger partial charge is 0.157 e. The van der Waals surface area contributed by atoms with Gasteiger partial charge in [-0.25, -0.2) is 0 Å². The molecule has 0 bridgehead atoms. The van der Waals surface area contributed by atoms with E-state index >= 15 is 0 Å². The number of hydrogen-bond donors (Lipinski definition) is 3. The van der Waals surface area contributed by atoms with E-state index in [0.29, 0.717) is 13.2 Å². The van der Waals surface area contributed by atoms with Crippen LogP contribution in [0.15, 0.2) is 18.2 Å². The Labute approximate surface area is 146 Å². The van der Waals surface area contributed by atoms with Gasteiger partial charge >= 0.3 is 0 Å². The third-order valence-corrected chi connectivity index (χ3v) is 3.64. The maximum atomic E-state index is 9.45. The van der Waals surface area contributed by atoms with E-state index in [4.69, 9.17) is 9.47 Å². The van der Waals surface area contributed by atoms with Crippen LogP contribution >= 0.6 is 0 Å². The van der Waals surface area contributed by atoms with E-state index in [9.17, 15) is 10.2 Å². The normalized spacial score (nSPS) is 12.5. The first kappa shape index (κ1) is 20.7. The Morgan fingerprint density at radius 3 is 2.25 bits per heavy atom. The summed E-state index contributed by atoms with van der Waals surface area (Å²) in [6.45, 7) is 13.2. The van der Waals surface area contributed by atoms with Crippen LogP contribution in [0.25, 0.3) is 0 Å². The number of hydrogen-bond acceptors (Lipinski definition) is 5. The summed E-state index contributed by atoms with van der Waals surface area (Å²) in [5, 5.41) is 22.0. The maximum Gasteiger partial charge on any atom is 0.157 e. The third kappa shape index (κ3) is 9.11. The van der Waals surface area contributed by atoms with Crippen molar-refractivity contribution in [1.82, 2.24) is 5.32 Å². The Hall–Kier alpha value is -1.30. The lowest BCUT2D eigenvalue weighted by Crippen LogP contribution is -2.32. The molecule has 138 valence electrons. The average Bonchev–Trinajstić information content (AvgIpc) is 2.44. The second-order valence-electron chi connectivity index (χ2n) is 7.64. The van der Waals surface area contributed by atoms with Gasteiger partial charge in [0.25, 0.3) is 0 Å². The Bertz CT molecular complexity index is 495. The molecule has 1 aromatic rings. The van der Waals surface area contributed by atoms with Gasteiger partial charge in [-0.15, -0.1) is 0 Å². The summed E-state index contributed by atoms with van der Waals surface area (Å²) in [5.74, 6) is -0.159. The fourth-order valence-corrected chi connectivity index (χ4v) is 2.16. The van der Waals surface area contributed by atoms with E-state index in [-0.39, 0.29) is 22.7 Å². The number of aromatic hydroxyl groups is 2. The molecule has 24 heavy (non-hydrogen) atoms. The van der Waals surface area contributed by atoms with Gasteiger partial charge in [0.05, 0.1) is 17.8 Å². The van der Waals surface area contributed by atoms with E-state index < -0.39 is 0 Å². The molecular weight excluding hydrogens is 306 g/mol. The third-order valence-electron chi connectivity index (χ3n) is 3.64. The largest absolute Gasteiger partial charge is 0.504 e. The highest BCUT2D eigenvalue weighted by Crippen LogP contribution is 2.24. The Kier molecular flexibility index (Phi) is 8.00. The highest BCUT2D eigenvalue weighted by atomic mass is 16.5. The van der Waals surface area contributed by atoms with Crippen LogP contribution in [-0.2, 0) is 15.9 Å². The zero-order chi connectivity index (χ0) is 18.2. The minimum absolute atomic E-state index is 0.0740. The first-order valence-electron chi connectivity index (χ1n) is 8.59. The average molecular weight is 339 g/mol. The van der Waals surface area contributed by atoms with Gasteiger partial charge in [0.15, 0.2) is 11.5 Å². The molecular formula is C19H33NO4. The van der Waals surface area contributed by atoms with Gasteiger partial charge in [0.2, 0.25) is 0 Å². The van der Waals surface area contributed by atoms with Crippen LogP contribution in [0.1, 0.15) is 46.6 Å². The van der Waals surface area contributed by atoms with Crippen molar-refractivity contribution < 1.29 is 19.7 Å². The van der Waals surface area contributed by atoms with Gasteiger partial charge in [-0.05, 0) is 71.7 Å². The lowest BCUT2D eigenvalue weighted by atomic mass is 10.1. The molecule has 0 unspecified atom stereocenters. The molecule has 5 nitrogen and oxygen atoms in total. The Morgan fingerprint density at radius 2 is 1.62 bits per heavy atom. The fourth-order valence-electron chi connectivity index (χ4n) is 2.16. The zero-order valence-corrected chi connectivity index (χ0v) is 15.7. The standard InChI is InChI=1S/C19H33NO4/c1-18(2,3)23-12-9-19(4,5)24-13-11-20-10-8-15-6-7-16(21)17(22)14-15/h6-7,14,20-22H,8-13H2,1-5H3. The molecule has 0 aromatic heterocycles. The predicted octanol–water partition coefficient (Wildman–Crippen LogP) is 3.23. The van der Waals surface area contributed by atoms with Crippen LogP contribution in [0, 0.1) is 0 Å². The predicted molar refractivity (Wildman–Crippen MR) is 96.7 cm³/mol. The SMILES string of the molecule is CC(C)(C)OCCC(C)(C)OCCNCCc1ccc(O)c(O)c1. The van der Waals surface area contributed by atoms with Gasteiger partial charge in [-0.2, -0.15) is 0 Å². The van der Waals surface area contributed by atoms with Crippen molar-refractivity contribution in [2.45, 2.75) is 58.7 Å². The Morgan fingerprint density at radius 1 is 0.917 bits per heavy atom. The summed E-state index contributed by atoms with van der Waals surface area (Å²) in [5.41, 5.74) is 0.675. The van der Waals surface area contributed by atoms with E-state index in [1.165, 1.54) is 6.07 Å². The van der Waals surface area contributed by atoms with Crippen LogP contribution in [0.3, 0.4) is 0 Å². The number of rotatable bonds is 10. The van der Waals surface area contributed by atoms with Gasteiger partial charge in [-0.1, -0.05) is 6.07 Å². The van der Waals surface area contributed by atoms with Gasteiger partial charge in [-0.3, -0.25) is 0 Å². The van der Waals surface area contributed by atoms with E-state index in [1.54, 1.807) is 6.07 Å². The van der Waals surface area contributed by atoms with E-state index in [0.717, 1.165) is 31.5 Å². The molecule has 0 fully saturated rings. The van der Waals surface area contributed by atoms with Crippen molar-refractivity contribution in [3.8, 4) is 11.5 Å². The summed E-state index contributed by atoms with van der Waals surface area (Å²) >= 11 is 0. The summed E-state index contributed by atoms with van der Waals surface area (Å²) in [7, 11) is 0. The van der Waals surface area contributed by atoms with Crippen LogP contribution in [-0.4, -0.2) is 47.7 Å². The summed E-state index contributed by atoms with van der Waals surface area (Å²) in [6.07, 6.45) is 1.65. The molecule has 0 saturated heterocycles. The van der Waals surface area contributed by atoms with Crippen LogP contribution in [0.2, 0.25) is 0 Å². The molecule has 0 saturated carbocycles. The van der Waals surface area contributed by atoms with Crippen molar-refractivity contribution in [3.63, 3.8) is 0 Å². The molecule has 0 aliphatic rings. The molecule has 0 aliphatic heterocycles. The van der Waals surface area contributed by atoms with Crippen LogP contribution in [0.4, 0.5) is 0 Å². The van der Waals surface area contributed by atoms with Crippen molar-refractivity contribution in [3.05, 3.63) is 23.8 Å². The van der Waals surface area contributed by atoms with Gasteiger partial charge in [0.1, 0.15) is 0 Å². The Balaban J connectivity index is 2.13. The van der Waals surface area contributed by atoms with E-state index in [2.05, 4.69) is 39.9 Å². The molecule has 1 rings (SSSR count). The number of phenolic OH excluding ortho intramolecular Hbond substituents is 2. The summed E-state index contributed by atoms with van der Waals surface area (Å²) in [6, 6.07) is 4.91. The lowest BCUT2D eigenvalue weighted by molar-refractivity contribution is -0.0653. The zero-order valence-electron chi connectivity index (χ0n) is 15.7. The van der Waals surface area contributed by atoms with Crippen molar-refractivity contribution in [2.24, 2.45) is 0 Å². The monoisotopic (exact) mass is 339 g/mol. The molecule has 0 atom stereocenters. The van der Waals surface area contributed by atoms with Gasteiger partial charge < -0.3 is 25.0 Å². The summed E-state index contributed by atoms with van der Waals surface area (Å²) in [4.78, 5) is 0. The molecule has 0 heterocycles. The number of nitrogens with one attached hydrogen (secondary N) is 1. The van der Waals surface area contributed by atoms with Crippen LogP contribution in [0.5, 0.6) is 11.5 Å². The molecule has 3 N–H and O–H groups in total.